The Balaban J connectivity index is 0.000000561. The van der Waals surface area contributed by atoms with Gasteiger partial charge in [-0.15, -0.1) is 0 Å². The molecule has 0 radical (unpaired) electrons. The summed E-state index contributed by atoms with van der Waals surface area (Å²) in [5, 5.41) is 0. The SMILES string of the molecule is CC.C[C@@H]1CCN(S(C)(=O)=O)C1. The van der Waals surface area contributed by atoms with E-state index in [1.165, 1.54) is 10.6 Å². The Kier molecular flexibility index (Phi) is 4.78. The molecule has 0 aromatic rings. The van der Waals surface area contributed by atoms with Gasteiger partial charge in [0.1, 0.15) is 0 Å². The molecular formula is C8H19NO2S. The monoisotopic (exact) mass is 193 g/mol. The van der Waals surface area contributed by atoms with Crippen molar-refractivity contribution in [3.8, 4) is 0 Å². The molecule has 0 bridgehead atoms. The quantitative estimate of drug-likeness (QED) is 0.629. The molecule has 0 aromatic carbocycles. The van der Waals surface area contributed by atoms with Gasteiger partial charge in [-0.1, -0.05) is 20.8 Å². The second-order valence-electron chi connectivity index (χ2n) is 3.01. The predicted molar refractivity (Wildman–Crippen MR) is 51.5 cm³/mol. The number of rotatable bonds is 1. The van der Waals surface area contributed by atoms with Crippen LogP contribution >= 0.6 is 0 Å². The van der Waals surface area contributed by atoms with E-state index in [0.717, 1.165) is 6.42 Å². The zero-order chi connectivity index (χ0) is 9.78. The maximum absolute atomic E-state index is 10.9. The van der Waals surface area contributed by atoms with Gasteiger partial charge in [0.05, 0.1) is 6.26 Å². The Morgan fingerprint density at radius 2 is 1.83 bits per heavy atom. The highest BCUT2D eigenvalue weighted by atomic mass is 32.2. The van der Waals surface area contributed by atoms with Gasteiger partial charge in [-0.3, -0.25) is 0 Å². The van der Waals surface area contributed by atoms with E-state index in [2.05, 4.69) is 6.92 Å². The van der Waals surface area contributed by atoms with Gasteiger partial charge in [-0.25, -0.2) is 12.7 Å². The first kappa shape index (κ1) is 11.9. The van der Waals surface area contributed by atoms with Crippen LogP contribution in [0.2, 0.25) is 0 Å². The Hall–Kier alpha value is -0.0900. The van der Waals surface area contributed by atoms with Crippen molar-refractivity contribution in [2.45, 2.75) is 27.2 Å². The Morgan fingerprint density at radius 1 is 1.33 bits per heavy atom. The highest BCUT2D eigenvalue weighted by Crippen LogP contribution is 2.17. The molecule has 1 aliphatic heterocycles. The summed E-state index contributed by atoms with van der Waals surface area (Å²) in [5.74, 6) is 0.537. The third kappa shape index (κ3) is 3.54. The van der Waals surface area contributed by atoms with Crippen LogP contribution in [0.3, 0.4) is 0 Å². The summed E-state index contributed by atoms with van der Waals surface area (Å²) in [6.07, 6.45) is 2.28. The van der Waals surface area contributed by atoms with Crippen molar-refractivity contribution in [3.63, 3.8) is 0 Å². The lowest BCUT2D eigenvalue weighted by Gasteiger charge is -2.10. The van der Waals surface area contributed by atoms with E-state index in [1.54, 1.807) is 0 Å². The van der Waals surface area contributed by atoms with E-state index in [4.69, 9.17) is 0 Å². The fourth-order valence-electron chi connectivity index (χ4n) is 1.20. The van der Waals surface area contributed by atoms with E-state index in [1.807, 2.05) is 13.8 Å². The Bertz CT molecular complexity index is 211. The van der Waals surface area contributed by atoms with Crippen LogP contribution in [0, 0.1) is 5.92 Å². The van der Waals surface area contributed by atoms with Crippen LogP contribution < -0.4 is 0 Å². The number of hydrogen-bond donors (Lipinski definition) is 0. The predicted octanol–water partition coefficient (Wildman–Crippen LogP) is 1.31. The molecule has 3 nitrogen and oxygen atoms in total. The van der Waals surface area contributed by atoms with Crippen molar-refractivity contribution in [2.75, 3.05) is 19.3 Å². The van der Waals surface area contributed by atoms with Crippen molar-refractivity contribution < 1.29 is 8.42 Å². The Labute approximate surface area is 75.8 Å². The molecule has 1 fully saturated rings. The summed E-state index contributed by atoms with van der Waals surface area (Å²) in [5.41, 5.74) is 0. The van der Waals surface area contributed by atoms with E-state index >= 15 is 0 Å². The third-order valence-electron chi connectivity index (χ3n) is 1.86. The van der Waals surface area contributed by atoms with Crippen molar-refractivity contribution in [2.24, 2.45) is 5.92 Å². The number of nitrogens with zero attached hydrogens (tertiary/aromatic N) is 1. The zero-order valence-electron chi connectivity index (χ0n) is 8.37. The summed E-state index contributed by atoms with van der Waals surface area (Å²) in [4.78, 5) is 0. The van der Waals surface area contributed by atoms with Crippen LogP contribution in [0.4, 0.5) is 0 Å². The lowest BCUT2D eigenvalue weighted by atomic mass is 10.2. The average Bonchev–Trinajstić information content (AvgIpc) is 2.39. The molecule has 1 atom stereocenters. The van der Waals surface area contributed by atoms with Gasteiger partial charge in [0.2, 0.25) is 10.0 Å². The first-order valence-electron chi connectivity index (χ1n) is 4.45. The van der Waals surface area contributed by atoms with Gasteiger partial charge in [-0.05, 0) is 12.3 Å². The molecule has 0 aliphatic carbocycles. The second-order valence-corrected chi connectivity index (χ2v) is 5.00. The standard InChI is InChI=1S/C6H13NO2S.C2H6/c1-6-3-4-7(5-6)10(2,8)9;1-2/h6H,3-5H2,1-2H3;1-2H3/t6-;/m1./s1. The molecule has 1 rings (SSSR count). The lowest BCUT2D eigenvalue weighted by molar-refractivity contribution is 0.469. The number of hydrogen-bond acceptors (Lipinski definition) is 2. The molecule has 74 valence electrons. The second kappa shape index (κ2) is 4.82. The molecule has 1 aliphatic rings. The summed E-state index contributed by atoms with van der Waals surface area (Å²) < 4.78 is 23.3. The van der Waals surface area contributed by atoms with Crippen LogP contribution in [0.5, 0.6) is 0 Å². The van der Waals surface area contributed by atoms with Crippen molar-refractivity contribution >= 4 is 10.0 Å². The highest BCUT2D eigenvalue weighted by Gasteiger charge is 2.25. The Morgan fingerprint density at radius 3 is 2.00 bits per heavy atom. The smallest absolute Gasteiger partial charge is 0.211 e. The van der Waals surface area contributed by atoms with Crippen LogP contribution in [-0.4, -0.2) is 32.1 Å². The van der Waals surface area contributed by atoms with Crippen molar-refractivity contribution in [1.29, 1.82) is 0 Å². The molecule has 0 amide bonds. The maximum Gasteiger partial charge on any atom is 0.211 e. The van der Waals surface area contributed by atoms with Gasteiger partial charge in [-0.2, -0.15) is 0 Å². The topological polar surface area (TPSA) is 37.4 Å². The third-order valence-corrected chi connectivity index (χ3v) is 3.13. The fraction of sp³-hybridized carbons (Fsp3) is 1.00. The summed E-state index contributed by atoms with van der Waals surface area (Å²) in [7, 11) is -2.90. The van der Waals surface area contributed by atoms with Crippen LogP contribution in [0.15, 0.2) is 0 Å². The molecular weight excluding hydrogens is 174 g/mol. The van der Waals surface area contributed by atoms with Crippen LogP contribution in [-0.2, 0) is 10.0 Å². The molecule has 12 heavy (non-hydrogen) atoms. The van der Waals surface area contributed by atoms with E-state index in [9.17, 15) is 8.42 Å². The molecule has 0 aromatic heterocycles. The van der Waals surface area contributed by atoms with E-state index in [-0.39, 0.29) is 0 Å². The highest BCUT2D eigenvalue weighted by molar-refractivity contribution is 7.88. The van der Waals surface area contributed by atoms with Crippen molar-refractivity contribution in [1.82, 2.24) is 4.31 Å². The van der Waals surface area contributed by atoms with Gasteiger partial charge < -0.3 is 0 Å². The zero-order valence-corrected chi connectivity index (χ0v) is 9.19. The minimum atomic E-state index is -2.90. The van der Waals surface area contributed by atoms with E-state index < -0.39 is 10.0 Å². The van der Waals surface area contributed by atoms with Crippen molar-refractivity contribution in [3.05, 3.63) is 0 Å². The first-order chi connectivity index (χ1) is 5.50. The summed E-state index contributed by atoms with van der Waals surface area (Å²) in [6.45, 7) is 7.49. The van der Waals surface area contributed by atoms with Gasteiger partial charge >= 0.3 is 0 Å². The largest absolute Gasteiger partial charge is 0.213 e. The fourth-order valence-corrected chi connectivity index (χ4v) is 2.16. The summed E-state index contributed by atoms with van der Waals surface area (Å²) >= 11 is 0. The average molecular weight is 193 g/mol. The van der Waals surface area contributed by atoms with E-state index in [0.29, 0.717) is 19.0 Å². The minimum absolute atomic E-state index is 0.537. The van der Waals surface area contributed by atoms with Gasteiger partial charge in [0.25, 0.3) is 0 Å². The first-order valence-corrected chi connectivity index (χ1v) is 6.30. The molecule has 0 spiro atoms. The number of sulfonamides is 1. The molecule has 1 saturated heterocycles. The molecule has 0 N–H and O–H groups in total. The minimum Gasteiger partial charge on any atom is -0.213 e. The maximum atomic E-state index is 10.9. The van der Waals surface area contributed by atoms with Gasteiger partial charge in [0, 0.05) is 13.1 Å². The molecule has 1 heterocycles. The lowest BCUT2D eigenvalue weighted by Crippen LogP contribution is -2.27. The van der Waals surface area contributed by atoms with Gasteiger partial charge in [0.15, 0.2) is 0 Å². The van der Waals surface area contributed by atoms with Crippen LogP contribution in [0.1, 0.15) is 27.2 Å². The summed E-state index contributed by atoms with van der Waals surface area (Å²) in [6, 6.07) is 0. The molecule has 0 unspecified atom stereocenters. The van der Waals surface area contributed by atoms with Crippen LogP contribution in [0.25, 0.3) is 0 Å². The molecule has 4 heteroatoms. The molecule has 0 saturated carbocycles. The normalized spacial score (nSPS) is 24.8.